The van der Waals surface area contributed by atoms with Gasteiger partial charge in [0.1, 0.15) is 0 Å². The molecule has 0 saturated carbocycles. The smallest absolute Gasteiger partial charge is 0.231 e. The van der Waals surface area contributed by atoms with E-state index in [9.17, 15) is 0 Å². The van der Waals surface area contributed by atoms with Crippen molar-refractivity contribution >= 4 is 15.9 Å². The number of fused-ring (bicyclic) bond motifs is 1. The van der Waals surface area contributed by atoms with Gasteiger partial charge in [-0.05, 0) is 34.0 Å². The van der Waals surface area contributed by atoms with Crippen LogP contribution in [-0.2, 0) is 11.3 Å². The molecule has 0 fully saturated rings. The molecule has 0 radical (unpaired) electrons. The van der Waals surface area contributed by atoms with Crippen molar-refractivity contribution in [3.05, 3.63) is 22.2 Å². The highest BCUT2D eigenvalue weighted by Gasteiger charge is 2.18. The molecule has 5 heteroatoms. The topological polar surface area (TPSA) is 53.7 Å². The van der Waals surface area contributed by atoms with Crippen LogP contribution in [0.25, 0.3) is 0 Å². The van der Waals surface area contributed by atoms with Crippen molar-refractivity contribution in [2.75, 3.05) is 13.4 Å². The molecule has 0 bridgehead atoms. The van der Waals surface area contributed by atoms with Crippen LogP contribution in [0.15, 0.2) is 16.6 Å². The van der Waals surface area contributed by atoms with Gasteiger partial charge in [0.25, 0.3) is 0 Å². The van der Waals surface area contributed by atoms with Gasteiger partial charge in [0, 0.05) is 0 Å². The number of halogens is 1. The number of rotatable bonds is 3. The van der Waals surface area contributed by atoms with E-state index in [4.69, 9.17) is 15.4 Å². The summed E-state index contributed by atoms with van der Waals surface area (Å²) in [6.45, 7) is 0.767. The number of ether oxygens (including phenoxy) is 2. The third kappa shape index (κ3) is 1.70. The van der Waals surface area contributed by atoms with E-state index in [1.807, 2.05) is 12.1 Å². The predicted octanol–water partition coefficient (Wildman–Crippen LogP) is 1.61. The maximum Gasteiger partial charge on any atom is 0.231 e. The first kappa shape index (κ1) is 9.76. The number of hydrogen-bond donors (Lipinski definition) is 1. The van der Waals surface area contributed by atoms with E-state index >= 15 is 0 Å². The summed E-state index contributed by atoms with van der Waals surface area (Å²) in [5.41, 5.74) is 1.10. The number of benzene rings is 1. The molecule has 4 nitrogen and oxygen atoms in total. The first-order valence-electron chi connectivity index (χ1n) is 4.21. The average Bonchev–Trinajstić information content (AvgIpc) is 2.66. The second-order valence-electron chi connectivity index (χ2n) is 2.89. The largest absolute Gasteiger partial charge is 0.454 e. The fourth-order valence-corrected chi connectivity index (χ4v) is 1.98. The Kier molecular flexibility index (Phi) is 2.90. The lowest BCUT2D eigenvalue weighted by Gasteiger charge is -2.05. The van der Waals surface area contributed by atoms with Gasteiger partial charge < -0.3 is 14.3 Å². The Morgan fingerprint density at radius 1 is 1.43 bits per heavy atom. The van der Waals surface area contributed by atoms with Crippen molar-refractivity contribution in [1.29, 1.82) is 0 Å². The van der Waals surface area contributed by atoms with Crippen LogP contribution in [0.5, 0.6) is 11.5 Å². The second kappa shape index (κ2) is 4.16. The lowest BCUT2D eigenvalue weighted by Crippen LogP contribution is -2.04. The number of nitrogens with two attached hydrogens (primary N) is 1. The van der Waals surface area contributed by atoms with E-state index in [1.165, 1.54) is 0 Å². The first-order chi connectivity index (χ1) is 6.83. The molecule has 0 amide bonds. The molecule has 0 aliphatic carbocycles. The van der Waals surface area contributed by atoms with Gasteiger partial charge in [-0.15, -0.1) is 0 Å². The van der Waals surface area contributed by atoms with Crippen LogP contribution in [0.3, 0.4) is 0 Å². The van der Waals surface area contributed by atoms with Crippen LogP contribution in [-0.4, -0.2) is 13.4 Å². The second-order valence-corrected chi connectivity index (χ2v) is 3.69. The Hall–Kier alpha value is -0.780. The molecule has 1 heterocycles. The Morgan fingerprint density at radius 2 is 2.29 bits per heavy atom. The molecule has 0 unspecified atom stereocenters. The van der Waals surface area contributed by atoms with Crippen LogP contribution in [0.2, 0.25) is 0 Å². The third-order valence-electron chi connectivity index (χ3n) is 2.05. The SMILES string of the molecule is NOCCc1ccc2c(c1Br)OCO2. The predicted molar refractivity (Wildman–Crippen MR) is 54.1 cm³/mol. The summed E-state index contributed by atoms with van der Waals surface area (Å²) in [5, 5.41) is 0. The molecule has 2 N–H and O–H groups in total. The molecule has 0 saturated heterocycles. The Balaban J connectivity index is 2.26. The van der Waals surface area contributed by atoms with Gasteiger partial charge in [-0.25, -0.2) is 5.90 Å². The van der Waals surface area contributed by atoms with E-state index in [2.05, 4.69) is 20.8 Å². The van der Waals surface area contributed by atoms with Gasteiger partial charge in [0.05, 0.1) is 11.1 Å². The van der Waals surface area contributed by atoms with Crippen molar-refractivity contribution < 1.29 is 14.3 Å². The third-order valence-corrected chi connectivity index (χ3v) is 2.92. The van der Waals surface area contributed by atoms with Crippen LogP contribution in [0, 0.1) is 0 Å². The zero-order chi connectivity index (χ0) is 9.97. The fourth-order valence-electron chi connectivity index (χ4n) is 1.34. The summed E-state index contributed by atoms with van der Waals surface area (Å²) >= 11 is 3.46. The molecule has 0 spiro atoms. The van der Waals surface area contributed by atoms with Crippen LogP contribution in [0.4, 0.5) is 0 Å². The standard InChI is InChI=1S/C9H10BrNO3/c10-8-6(3-4-14-11)1-2-7-9(8)13-5-12-7/h1-2H,3-5,11H2. The maximum atomic E-state index is 5.31. The minimum atomic E-state index is 0.283. The highest BCUT2D eigenvalue weighted by atomic mass is 79.9. The summed E-state index contributed by atoms with van der Waals surface area (Å²) in [6, 6.07) is 3.86. The van der Waals surface area contributed by atoms with Crippen LogP contribution in [0.1, 0.15) is 5.56 Å². The molecule has 1 aliphatic rings. The average molecular weight is 260 g/mol. The van der Waals surface area contributed by atoms with Gasteiger partial charge in [-0.1, -0.05) is 6.07 Å². The molecular formula is C9H10BrNO3. The van der Waals surface area contributed by atoms with E-state index in [1.54, 1.807) is 0 Å². The highest BCUT2D eigenvalue weighted by molar-refractivity contribution is 9.10. The molecule has 1 aromatic rings. The van der Waals surface area contributed by atoms with Crippen LogP contribution < -0.4 is 15.4 Å². The van der Waals surface area contributed by atoms with Gasteiger partial charge >= 0.3 is 0 Å². The Bertz CT molecular complexity index is 343. The van der Waals surface area contributed by atoms with Gasteiger partial charge in [-0.3, -0.25) is 0 Å². The zero-order valence-corrected chi connectivity index (χ0v) is 9.04. The number of hydrogen-bond acceptors (Lipinski definition) is 4. The van der Waals surface area contributed by atoms with Crippen LogP contribution >= 0.6 is 15.9 Å². The minimum Gasteiger partial charge on any atom is -0.454 e. The summed E-state index contributed by atoms with van der Waals surface area (Å²) < 4.78 is 11.5. The molecule has 14 heavy (non-hydrogen) atoms. The van der Waals surface area contributed by atoms with E-state index in [0.717, 1.165) is 28.0 Å². The lowest BCUT2D eigenvalue weighted by atomic mass is 10.1. The van der Waals surface area contributed by atoms with Gasteiger partial charge in [-0.2, -0.15) is 0 Å². The maximum absolute atomic E-state index is 5.31. The lowest BCUT2D eigenvalue weighted by molar-refractivity contribution is 0.141. The normalized spacial score (nSPS) is 13.3. The minimum absolute atomic E-state index is 0.283. The fraction of sp³-hybridized carbons (Fsp3) is 0.333. The highest BCUT2D eigenvalue weighted by Crippen LogP contribution is 2.40. The quantitative estimate of drug-likeness (QED) is 0.839. The molecule has 76 valence electrons. The Morgan fingerprint density at radius 3 is 3.07 bits per heavy atom. The van der Waals surface area contributed by atoms with E-state index < -0.39 is 0 Å². The molecule has 1 aliphatic heterocycles. The van der Waals surface area contributed by atoms with Crippen molar-refractivity contribution in [3.63, 3.8) is 0 Å². The van der Waals surface area contributed by atoms with Gasteiger partial charge in [0.15, 0.2) is 11.5 Å². The van der Waals surface area contributed by atoms with Gasteiger partial charge in [0.2, 0.25) is 6.79 Å². The van der Waals surface area contributed by atoms with Crippen molar-refractivity contribution in [2.24, 2.45) is 5.90 Å². The van der Waals surface area contributed by atoms with Crippen molar-refractivity contribution in [1.82, 2.24) is 0 Å². The summed E-state index contributed by atoms with van der Waals surface area (Å²) in [5.74, 6) is 6.50. The van der Waals surface area contributed by atoms with Crippen molar-refractivity contribution in [3.8, 4) is 11.5 Å². The first-order valence-corrected chi connectivity index (χ1v) is 5.01. The summed E-state index contributed by atoms with van der Waals surface area (Å²) in [7, 11) is 0. The summed E-state index contributed by atoms with van der Waals surface area (Å²) in [4.78, 5) is 4.53. The summed E-state index contributed by atoms with van der Waals surface area (Å²) in [6.07, 6.45) is 0.744. The molecule has 0 atom stereocenters. The van der Waals surface area contributed by atoms with E-state index in [0.29, 0.717) is 6.61 Å². The Labute approximate surface area is 90.0 Å². The molecule has 0 aromatic heterocycles. The molecular weight excluding hydrogens is 250 g/mol. The van der Waals surface area contributed by atoms with Crippen molar-refractivity contribution in [2.45, 2.75) is 6.42 Å². The zero-order valence-electron chi connectivity index (χ0n) is 7.46. The monoisotopic (exact) mass is 259 g/mol. The molecule has 1 aromatic carbocycles. The molecule has 2 rings (SSSR count). The van der Waals surface area contributed by atoms with E-state index in [-0.39, 0.29) is 6.79 Å².